The van der Waals surface area contributed by atoms with Crippen molar-refractivity contribution < 1.29 is 0 Å². The van der Waals surface area contributed by atoms with Gasteiger partial charge in [0.15, 0.2) is 0 Å². The molecule has 0 saturated heterocycles. The van der Waals surface area contributed by atoms with E-state index in [0.717, 1.165) is 11.1 Å². The largest absolute Gasteiger partial charge is 0.312 e. The number of allylic oxidation sites excluding steroid dienone is 2. The zero-order valence-electron chi connectivity index (χ0n) is 11.6. The molecule has 1 aromatic carbocycles. The molecule has 0 spiro atoms. The smallest absolute Gasteiger partial charge is 0.264 e. The Morgan fingerprint density at radius 1 is 1.50 bits per heavy atom. The van der Waals surface area contributed by atoms with Crippen LogP contribution in [-0.2, 0) is 0 Å². The molecule has 0 aliphatic rings. The third kappa shape index (κ3) is 2.30. The summed E-state index contributed by atoms with van der Waals surface area (Å²) < 4.78 is 1.56. The lowest BCUT2D eigenvalue weighted by atomic mass is 10.1. The van der Waals surface area contributed by atoms with Gasteiger partial charge in [0.2, 0.25) is 0 Å². The molecular weight excluding hydrogens is 272 g/mol. The third-order valence-electron chi connectivity index (χ3n) is 3.42. The minimum absolute atomic E-state index is 0.00258. The van der Waals surface area contributed by atoms with Crippen molar-refractivity contribution >= 4 is 28.1 Å². The van der Waals surface area contributed by atoms with Crippen LogP contribution in [-0.4, -0.2) is 11.6 Å². The van der Waals surface area contributed by atoms with E-state index in [1.165, 1.54) is 0 Å². The molecule has 0 bridgehead atoms. The maximum Gasteiger partial charge on any atom is 0.264 e. The quantitative estimate of drug-likeness (QED) is 0.873. The second-order valence-corrected chi connectivity index (χ2v) is 5.03. The minimum Gasteiger partial charge on any atom is -0.312 e. The van der Waals surface area contributed by atoms with Crippen molar-refractivity contribution in [3.63, 3.8) is 0 Å². The van der Waals surface area contributed by atoms with E-state index in [9.17, 15) is 4.79 Å². The average Bonchev–Trinajstić information content (AvgIpc) is 2.45. The highest BCUT2D eigenvalue weighted by atomic mass is 35.5. The summed E-state index contributed by atoms with van der Waals surface area (Å²) in [6.07, 6.45) is 1.57. The molecule has 0 fully saturated rings. The highest BCUT2D eigenvalue weighted by Gasteiger charge is 2.16. The van der Waals surface area contributed by atoms with Crippen molar-refractivity contribution in [3.8, 4) is 0 Å². The third-order valence-corrected chi connectivity index (χ3v) is 3.74. The maximum absolute atomic E-state index is 12.7. The fourth-order valence-electron chi connectivity index (χ4n) is 2.19. The predicted molar refractivity (Wildman–Crippen MR) is 86.2 cm³/mol. The van der Waals surface area contributed by atoms with E-state index in [0.29, 0.717) is 16.1 Å². The SMILES string of the molecule is C=CC(=C)n1c(C(C)NC)cc2cccc(Cl)c2c1=O. The second-order valence-electron chi connectivity index (χ2n) is 4.62. The van der Waals surface area contributed by atoms with Crippen molar-refractivity contribution in [2.24, 2.45) is 0 Å². The number of benzene rings is 1. The van der Waals surface area contributed by atoms with Gasteiger partial charge in [0.25, 0.3) is 5.56 Å². The first-order valence-corrected chi connectivity index (χ1v) is 6.72. The summed E-state index contributed by atoms with van der Waals surface area (Å²) in [5.41, 5.74) is 1.20. The number of aromatic nitrogens is 1. The van der Waals surface area contributed by atoms with E-state index >= 15 is 0 Å². The lowest BCUT2D eigenvalue weighted by Gasteiger charge is -2.19. The molecule has 1 N–H and O–H groups in total. The summed E-state index contributed by atoms with van der Waals surface area (Å²) in [5, 5.41) is 4.92. The Kier molecular flexibility index (Phi) is 4.12. The Morgan fingerprint density at radius 2 is 2.20 bits per heavy atom. The Balaban J connectivity index is 2.95. The van der Waals surface area contributed by atoms with Crippen LogP contribution < -0.4 is 10.9 Å². The molecule has 0 radical (unpaired) electrons. The van der Waals surface area contributed by atoms with Crippen LogP contribution in [0.25, 0.3) is 16.5 Å². The molecule has 20 heavy (non-hydrogen) atoms. The van der Waals surface area contributed by atoms with Gasteiger partial charge < -0.3 is 5.32 Å². The van der Waals surface area contributed by atoms with Crippen LogP contribution in [0.2, 0.25) is 5.02 Å². The molecule has 4 heteroatoms. The van der Waals surface area contributed by atoms with Gasteiger partial charge in [0, 0.05) is 17.4 Å². The lowest BCUT2D eigenvalue weighted by molar-refractivity contribution is 0.616. The van der Waals surface area contributed by atoms with E-state index in [4.69, 9.17) is 11.6 Å². The maximum atomic E-state index is 12.7. The van der Waals surface area contributed by atoms with E-state index in [1.54, 1.807) is 16.7 Å². The molecule has 2 rings (SSSR count). The summed E-state index contributed by atoms with van der Waals surface area (Å²) in [7, 11) is 1.85. The Morgan fingerprint density at radius 3 is 2.80 bits per heavy atom. The molecule has 1 atom stereocenters. The summed E-state index contributed by atoms with van der Waals surface area (Å²) in [6.45, 7) is 9.57. The van der Waals surface area contributed by atoms with Gasteiger partial charge in [-0.25, -0.2) is 0 Å². The lowest BCUT2D eigenvalue weighted by Crippen LogP contribution is -2.27. The van der Waals surface area contributed by atoms with Crippen LogP contribution >= 0.6 is 11.6 Å². The van der Waals surface area contributed by atoms with Crippen molar-refractivity contribution in [2.45, 2.75) is 13.0 Å². The number of rotatable bonds is 4. The van der Waals surface area contributed by atoms with Crippen LogP contribution in [0.15, 0.2) is 48.3 Å². The van der Waals surface area contributed by atoms with Crippen LogP contribution in [0.3, 0.4) is 0 Å². The number of hydrogen-bond donors (Lipinski definition) is 1. The first-order valence-electron chi connectivity index (χ1n) is 6.34. The molecule has 0 aliphatic carbocycles. The molecule has 0 aliphatic heterocycles. The molecule has 0 saturated carbocycles. The molecule has 1 unspecified atom stereocenters. The van der Waals surface area contributed by atoms with Crippen molar-refractivity contribution in [2.75, 3.05) is 7.05 Å². The molecule has 1 aromatic heterocycles. The van der Waals surface area contributed by atoms with Gasteiger partial charge in [-0.1, -0.05) is 36.9 Å². The van der Waals surface area contributed by atoms with Gasteiger partial charge in [-0.3, -0.25) is 9.36 Å². The number of pyridine rings is 1. The Hall–Kier alpha value is -1.84. The van der Waals surface area contributed by atoms with Gasteiger partial charge in [-0.2, -0.15) is 0 Å². The van der Waals surface area contributed by atoms with Gasteiger partial charge in [-0.05, 0) is 37.6 Å². The second kappa shape index (κ2) is 5.65. The molecular formula is C16H17ClN2O. The standard InChI is InChI=1S/C16H17ClN2O/c1-5-10(2)19-14(11(3)18-4)9-12-7-6-8-13(17)15(12)16(19)20/h5-9,11,18H,1-2H2,3-4H3. The van der Waals surface area contributed by atoms with E-state index in [2.05, 4.69) is 18.5 Å². The molecule has 3 nitrogen and oxygen atoms in total. The summed E-state index contributed by atoms with van der Waals surface area (Å²) in [5.74, 6) is 0. The van der Waals surface area contributed by atoms with E-state index in [-0.39, 0.29) is 11.6 Å². The first-order chi connectivity index (χ1) is 9.51. The Labute approximate surface area is 123 Å². The van der Waals surface area contributed by atoms with E-state index in [1.807, 2.05) is 32.2 Å². The fraction of sp³-hybridized carbons (Fsp3) is 0.188. The summed E-state index contributed by atoms with van der Waals surface area (Å²) >= 11 is 6.16. The monoisotopic (exact) mass is 288 g/mol. The van der Waals surface area contributed by atoms with Crippen molar-refractivity contribution in [1.82, 2.24) is 9.88 Å². The number of halogens is 1. The van der Waals surface area contributed by atoms with Gasteiger partial charge >= 0.3 is 0 Å². The number of nitrogens with one attached hydrogen (secondary N) is 1. The number of nitrogens with zero attached hydrogens (tertiary/aromatic N) is 1. The molecule has 104 valence electrons. The average molecular weight is 289 g/mol. The Bertz CT molecular complexity index is 746. The number of fused-ring (bicyclic) bond motifs is 1. The highest BCUT2D eigenvalue weighted by Crippen LogP contribution is 2.24. The van der Waals surface area contributed by atoms with Crippen LogP contribution in [0, 0.1) is 0 Å². The topological polar surface area (TPSA) is 34.0 Å². The van der Waals surface area contributed by atoms with Crippen LogP contribution in [0.1, 0.15) is 18.7 Å². The van der Waals surface area contributed by atoms with Crippen molar-refractivity contribution in [3.05, 3.63) is 64.6 Å². The molecule has 1 heterocycles. The zero-order chi connectivity index (χ0) is 14.9. The predicted octanol–water partition coefficient (Wildman–Crippen LogP) is 3.59. The first kappa shape index (κ1) is 14.6. The van der Waals surface area contributed by atoms with Gasteiger partial charge in [0.1, 0.15) is 0 Å². The van der Waals surface area contributed by atoms with Crippen LogP contribution in [0.5, 0.6) is 0 Å². The number of hydrogen-bond acceptors (Lipinski definition) is 2. The zero-order valence-corrected chi connectivity index (χ0v) is 12.4. The molecule has 0 amide bonds. The normalized spacial score (nSPS) is 12.3. The molecule has 2 aromatic rings. The van der Waals surface area contributed by atoms with Crippen molar-refractivity contribution in [1.29, 1.82) is 0 Å². The summed E-state index contributed by atoms with van der Waals surface area (Å²) in [6, 6.07) is 7.40. The summed E-state index contributed by atoms with van der Waals surface area (Å²) in [4.78, 5) is 12.7. The van der Waals surface area contributed by atoms with Gasteiger partial charge in [-0.15, -0.1) is 0 Å². The highest BCUT2D eigenvalue weighted by molar-refractivity contribution is 6.35. The van der Waals surface area contributed by atoms with E-state index < -0.39 is 0 Å². The van der Waals surface area contributed by atoms with Gasteiger partial charge in [0.05, 0.1) is 10.4 Å². The minimum atomic E-state index is -0.171. The fourth-order valence-corrected chi connectivity index (χ4v) is 2.46. The van der Waals surface area contributed by atoms with Crippen LogP contribution in [0.4, 0.5) is 0 Å².